The van der Waals surface area contributed by atoms with Crippen LogP contribution in [0.15, 0.2) is 24.4 Å². The van der Waals surface area contributed by atoms with Gasteiger partial charge in [0.15, 0.2) is 5.69 Å². The number of nitrogens with one attached hydrogen (secondary N) is 2. The smallest absolute Gasteiger partial charge is 0.187 e. The molecule has 18 heavy (non-hydrogen) atoms. The second kappa shape index (κ2) is 4.15. The van der Waals surface area contributed by atoms with E-state index in [0.717, 1.165) is 17.1 Å². The van der Waals surface area contributed by atoms with Gasteiger partial charge in [-0.1, -0.05) is 6.07 Å². The second-order valence-electron chi connectivity index (χ2n) is 5.17. The molecule has 2 aromatic rings. The standard InChI is InChI=1S/C15H17N3/c1-9(16-2)11-7-12(11)14-8-18-15-5-4-10(17-3)6-13(14)15/h4-6,8-9,11-12,16,18H,7H2,1-2H3. The molecular weight excluding hydrogens is 222 g/mol. The molecular formula is C15H17N3. The molecule has 0 spiro atoms. The molecule has 2 N–H and O–H groups in total. The van der Waals surface area contributed by atoms with E-state index in [1.807, 2.05) is 25.2 Å². The molecule has 1 aromatic heterocycles. The van der Waals surface area contributed by atoms with Crippen LogP contribution in [0, 0.1) is 12.5 Å². The van der Waals surface area contributed by atoms with Gasteiger partial charge in [0.25, 0.3) is 0 Å². The zero-order valence-corrected chi connectivity index (χ0v) is 10.7. The number of nitrogens with zero attached hydrogens (tertiary/aromatic N) is 1. The van der Waals surface area contributed by atoms with Crippen LogP contribution >= 0.6 is 0 Å². The number of hydrogen-bond acceptors (Lipinski definition) is 1. The average Bonchev–Trinajstić information content (AvgIpc) is 3.10. The minimum atomic E-state index is 0.559. The lowest BCUT2D eigenvalue weighted by molar-refractivity contribution is 0.535. The molecule has 3 unspecified atom stereocenters. The Kier molecular flexibility index (Phi) is 2.61. The van der Waals surface area contributed by atoms with Crippen molar-refractivity contribution in [1.82, 2.24) is 10.3 Å². The van der Waals surface area contributed by atoms with Crippen molar-refractivity contribution >= 4 is 16.6 Å². The van der Waals surface area contributed by atoms with Crippen LogP contribution in [0.2, 0.25) is 0 Å². The Balaban J connectivity index is 1.97. The van der Waals surface area contributed by atoms with Crippen molar-refractivity contribution in [1.29, 1.82) is 0 Å². The zero-order chi connectivity index (χ0) is 12.7. The molecule has 3 rings (SSSR count). The van der Waals surface area contributed by atoms with E-state index in [2.05, 4.69) is 28.3 Å². The van der Waals surface area contributed by atoms with E-state index in [0.29, 0.717) is 12.0 Å². The van der Waals surface area contributed by atoms with Gasteiger partial charge in [-0.25, -0.2) is 4.85 Å². The fourth-order valence-corrected chi connectivity index (χ4v) is 2.85. The lowest BCUT2D eigenvalue weighted by Crippen LogP contribution is -2.23. The molecule has 1 heterocycles. The van der Waals surface area contributed by atoms with Crippen molar-refractivity contribution in [3.05, 3.63) is 41.4 Å². The molecule has 0 amide bonds. The summed E-state index contributed by atoms with van der Waals surface area (Å²) in [5.41, 5.74) is 3.24. The van der Waals surface area contributed by atoms with Gasteiger partial charge in [0.05, 0.1) is 6.57 Å². The molecule has 1 aliphatic carbocycles. The van der Waals surface area contributed by atoms with Gasteiger partial charge in [0.1, 0.15) is 0 Å². The summed E-state index contributed by atoms with van der Waals surface area (Å²) < 4.78 is 0. The Hall–Kier alpha value is -1.79. The molecule has 0 radical (unpaired) electrons. The van der Waals surface area contributed by atoms with Gasteiger partial charge < -0.3 is 10.3 Å². The fraction of sp³-hybridized carbons (Fsp3) is 0.400. The normalized spacial score (nSPS) is 23.8. The van der Waals surface area contributed by atoms with E-state index >= 15 is 0 Å². The summed E-state index contributed by atoms with van der Waals surface area (Å²) >= 11 is 0. The molecule has 0 saturated heterocycles. The van der Waals surface area contributed by atoms with Crippen LogP contribution < -0.4 is 5.32 Å². The van der Waals surface area contributed by atoms with Gasteiger partial charge in [-0.15, -0.1) is 0 Å². The topological polar surface area (TPSA) is 32.2 Å². The van der Waals surface area contributed by atoms with E-state index in [1.165, 1.54) is 17.4 Å². The predicted octanol–water partition coefficient (Wildman–Crippen LogP) is 3.43. The van der Waals surface area contributed by atoms with E-state index < -0.39 is 0 Å². The van der Waals surface area contributed by atoms with E-state index in [-0.39, 0.29) is 0 Å². The number of rotatable bonds is 3. The van der Waals surface area contributed by atoms with Gasteiger partial charge >= 0.3 is 0 Å². The fourth-order valence-electron chi connectivity index (χ4n) is 2.85. The quantitative estimate of drug-likeness (QED) is 0.790. The molecule has 92 valence electrons. The van der Waals surface area contributed by atoms with Gasteiger partial charge in [0, 0.05) is 17.8 Å². The molecule has 1 aromatic carbocycles. The third-order valence-electron chi connectivity index (χ3n) is 4.16. The zero-order valence-electron chi connectivity index (χ0n) is 10.7. The van der Waals surface area contributed by atoms with Crippen LogP contribution in [0.25, 0.3) is 15.7 Å². The molecule has 0 aliphatic heterocycles. The number of aromatic amines is 1. The number of H-pyrrole nitrogens is 1. The predicted molar refractivity (Wildman–Crippen MR) is 73.9 cm³/mol. The summed E-state index contributed by atoms with van der Waals surface area (Å²) in [6.07, 6.45) is 3.36. The highest BCUT2D eigenvalue weighted by Crippen LogP contribution is 2.51. The third-order valence-corrected chi connectivity index (χ3v) is 4.16. The minimum absolute atomic E-state index is 0.559. The van der Waals surface area contributed by atoms with Gasteiger partial charge in [-0.05, 0) is 55.3 Å². The van der Waals surface area contributed by atoms with Crippen LogP contribution in [-0.4, -0.2) is 18.1 Å². The molecule has 1 fully saturated rings. The van der Waals surface area contributed by atoms with Crippen LogP contribution in [0.3, 0.4) is 0 Å². The Bertz CT molecular complexity index is 620. The number of hydrogen-bond donors (Lipinski definition) is 2. The maximum Gasteiger partial charge on any atom is 0.187 e. The van der Waals surface area contributed by atoms with Crippen molar-refractivity contribution in [2.75, 3.05) is 7.05 Å². The maximum absolute atomic E-state index is 7.11. The molecule has 0 bridgehead atoms. The number of aromatic nitrogens is 1. The summed E-state index contributed by atoms with van der Waals surface area (Å²) in [4.78, 5) is 6.83. The van der Waals surface area contributed by atoms with Crippen molar-refractivity contribution < 1.29 is 0 Å². The first-order valence-corrected chi connectivity index (χ1v) is 6.40. The van der Waals surface area contributed by atoms with Crippen LogP contribution in [0.5, 0.6) is 0 Å². The number of benzene rings is 1. The summed E-state index contributed by atoms with van der Waals surface area (Å²) in [5.74, 6) is 1.37. The first-order chi connectivity index (χ1) is 8.74. The van der Waals surface area contributed by atoms with Crippen molar-refractivity contribution in [3.8, 4) is 0 Å². The minimum Gasteiger partial charge on any atom is -0.361 e. The molecule has 1 saturated carbocycles. The largest absolute Gasteiger partial charge is 0.361 e. The summed E-state index contributed by atoms with van der Waals surface area (Å²) in [6, 6.07) is 6.44. The van der Waals surface area contributed by atoms with E-state index in [1.54, 1.807) is 0 Å². The molecule has 1 aliphatic rings. The number of fused-ring (bicyclic) bond motifs is 1. The Morgan fingerprint density at radius 3 is 3.06 bits per heavy atom. The summed E-state index contributed by atoms with van der Waals surface area (Å²) in [7, 11) is 2.02. The van der Waals surface area contributed by atoms with Crippen molar-refractivity contribution in [3.63, 3.8) is 0 Å². The average molecular weight is 239 g/mol. The van der Waals surface area contributed by atoms with Crippen LogP contribution in [-0.2, 0) is 0 Å². The van der Waals surface area contributed by atoms with Gasteiger partial charge in [-0.2, -0.15) is 0 Å². The monoisotopic (exact) mass is 239 g/mol. The van der Waals surface area contributed by atoms with E-state index in [9.17, 15) is 0 Å². The van der Waals surface area contributed by atoms with E-state index in [4.69, 9.17) is 6.57 Å². The Morgan fingerprint density at radius 1 is 1.50 bits per heavy atom. The molecule has 3 nitrogen and oxygen atoms in total. The lowest BCUT2D eigenvalue weighted by atomic mass is 10.0. The maximum atomic E-state index is 7.11. The van der Waals surface area contributed by atoms with Gasteiger partial charge in [-0.3, -0.25) is 0 Å². The third kappa shape index (κ3) is 1.70. The van der Waals surface area contributed by atoms with Crippen LogP contribution in [0.4, 0.5) is 5.69 Å². The SMILES string of the molecule is [C-]#[N+]c1ccc2[nH]cc(C3CC3C(C)NC)c2c1. The van der Waals surface area contributed by atoms with Crippen molar-refractivity contribution in [2.24, 2.45) is 5.92 Å². The Morgan fingerprint density at radius 2 is 2.33 bits per heavy atom. The highest BCUT2D eigenvalue weighted by atomic mass is 14.9. The van der Waals surface area contributed by atoms with Crippen molar-refractivity contribution in [2.45, 2.75) is 25.3 Å². The lowest BCUT2D eigenvalue weighted by Gasteiger charge is -2.08. The summed E-state index contributed by atoms with van der Waals surface area (Å²) in [6.45, 7) is 9.35. The highest BCUT2D eigenvalue weighted by molar-refractivity contribution is 5.87. The Labute approximate surface area is 107 Å². The first-order valence-electron chi connectivity index (χ1n) is 6.40. The molecule has 3 heteroatoms. The van der Waals surface area contributed by atoms with Gasteiger partial charge in [0.2, 0.25) is 0 Å². The first kappa shape index (κ1) is 11.3. The second-order valence-corrected chi connectivity index (χ2v) is 5.17. The molecule has 3 atom stereocenters. The summed E-state index contributed by atoms with van der Waals surface area (Å²) in [5, 5.41) is 4.55. The van der Waals surface area contributed by atoms with Crippen LogP contribution in [0.1, 0.15) is 24.8 Å². The highest BCUT2D eigenvalue weighted by Gasteiger charge is 2.42.